The largest absolute Gasteiger partial charge is 0.444 e. The SMILES string of the molecule is COC(CNC(=O)Nc1c2c(nn1-c1ccc(F)c(C(F)(F)F)c1)CCN(C(=O)OC(C)(C)C)[C@H]2C)OC. The Morgan fingerprint density at radius 3 is 2.42 bits per heavy atom. The number of hydrogen-bond acceptors (Lipinski definition) is 6. The normalized spacial score (nSPS) is 15.9. The van der Waals surface area contributed by atoms with Crippen LogP contribution in [0.15, 0.2) is 18.2 Å². The third-order valence-corrected chi connectivity index (χ3v) is 5.79. The van der Waals surface area contributed by atoms with Crippen molar-refractivity contribution < 1.29 is 41.4 Å². The molecule has 0 unspecified atom stereocenters. The van der Waals surface area contributed by atoms with Gasteiger partial charge in [-0.25, -0.2) is 18.7 Å². The van der Waals surface area contributed by atoms with Crippen molar-refractivity contribution in [2.45, 2.75) is 58.2 Å². The number of rotatable bonds is 6. The van der Waals surface area contributed by atoms with Gasteiger partial charge in [0.15, 0.2) is 6.29 Å². The molecule has 1 atom stereocenters. The highest BCUT2D eigenvalue weighted by molar-refractivity contribution is 5.90. The zero-order valence-corrected chi connectivity index (χ0v) is 21.9. The first-order valence-corrected chi connectivity index (χ1v) is 11.7. The molecular weight excluding hydrogens is 514 g/mol. The lowest BCUT2D eigenvalue weighted by Gasteiger charge is -2.34. The van der Waals surface area contributed by atoms with Crippen LogP contribution in [-0.4, -0.2) is 66.0 Å². The molecule has 0 bridgehead atoms. The highest BCUT2D eigenvalue weighted by atomic mass is 19.4. The number of alkyl halides is 3. The minimum Gasteiger partial charge on any atom is -0.444 e. The van der Waals surface area contributed by atoms with Gasteiger partial charge in [-0.15, -0.1) is 0 Å². The first-order valence-electron chi connectivity index (χ1n) is 11.7. The predicted molar refractivity (Wildman–Crippen MR) is 128 cm³/mol. The molecule has 210 valence electrons. The summed E-state index contributed by atoms with van der Waals surface area (Å²) >= 11 is 0. The number of urea groups is 1. The van der Waals surface area contributed by atoms with Crippen LogP contribution < -0.4 is 10.6 Å². The lowest BCUT2D eigenvalue weighted by atomic mass is 10.00. The van der Waals surface area contributed by atoms with Crippen LogP contribution in [0.3, 0.4) is 0 Å². The molecule has 1 aromatic heterocycles. The molecule has 10 nitrogen and oxygen atoms in total. The Balaban J connectivity index is 2.06. The van der Waals surface area contributed by atoms with Gasteiger partial charge in [-0.1, -0.05) is 0 Å². The molecule has 2 heterocycles. The molecule has 2 N–H and O–H groups in total. The molecule has 2 aromatic rings. The number of nitrogens with one attached hydrogen (secondary N) is 2. The van der Waals surface area contributed by atoms with Crippen molar-refractivity contribution in [1.82, 2.24) is 20.0 Å². The number of hydrogen-bond donors (Lipinski definition) is 2. The molecule has 0 fully saturated rings. The summed E-state index contributed by atoms with van der Waals surface area (Å²) in [4.78, 5) is 27.1. The van der Waals surface area contributed by atoms with Gasteiger partial charge in [-0.2, -0.15) is 18.3 Å². The summed E-state index contributed by atoms with van der Waals surface area (Å²) in [5, 5.41) is 9.59. The highest BCUT2D eigenvalue weighted by Gasteiger charge is 2.38. The Kier molecular flexibility index (Phi) is 8.56. The number of anilines is 1. The second-order valence-corrected chi connectivity index (χ2v) is 9.62. The van der Waals surface area contributed by atoms with Gasteiger partial charge >= 0.3 is 18.3 Å². The number of aromatic nitrogens is 2. The number of carbonyl (C=O) groups excluding carboxylic acids is 2. The monoisotopic (exact) mass is 545 g/mol. The lowest BCUT2D eigenvalue weighted by molar-refractivity contribution is -0.140. The van der Waals surface area contributed by atoms with Gasteiger partial charge in [0.25, 0.3) is 0 Å². The Morgan fingerprint density at radius 2 is 1.84 bits per heavy atom. The van der Waals surface area contributed by atoms with E-state index < -0.39 is 47.6 Å². The van der Waals surface area contributed by atoms with E-state index in [2.05, 4.69) is 15.7 Å². The van der Waals surface area contributed by atoms with Crippen LogP contribution in [0.5, 0.6) is 0 Å². The molecule has 0 saturated heterocycles. The molecule has 0 spiro atoms. The van der Waals surface area contributed by atoms with E-state index in [-0.39, 0.29) is 31.0 Å². The van der Waals surface area contributed by atoms with E-state index in [4.69, 9.17) is 14.2 Å². The van der Waals surface area contributed by atoms with Crippen LogP contribution in [0, 0.1) is 5.82 Å². The van der Waals surface area contributed by atoms with Gasteiger partial charge in [-0.3, -0.25) is 5.32 Å². The maximum atomic E-state index is 14.0. The standard InChI is InChI=1S/C24H31F4N5O5/c1-13-19-17(9-10-32(13)22(35)38-23(2,3)4)31-33(14-7-8-16(25)15(11-14)24(26,27)28)20(19)30-21(34)29-12-18(36-5)37-6/h7-8,11,13,18H,9-10,12H2,1-6H3,(H2,29,30,34)/t13-/m0/s1. The Bertz CT molecular complexity index is 1170. The average Bonchev–Trinajstić information content (AvgIpc) is 3.17. The summed E-state index contributed by atoms with van der Waals surface area (Å²) < 4.78 is 71.0. The summed E-state index contributed by atoms with van der Waals surface area (Å²) in [5.74, 6) is -1.43. The number of carbonyl (C=O) groups is 2. The number of amides is 3. The zero-order valence-electron chi connectivity index (χ0n) is 21.9. The summed E-state index contributed by atoms with van der Waals surface area (Å²) in [6.45, 7) is 7.05. The zero-order chi connectivity index (χ0) is 28.4. The lowest BCUT2D eigenvalue weighted by Crippen LogP contribution is -2.42. The fourth-order valence-electron chi connectivity index (χ4n) is 4.00. The topological polar surface area (TPSA) is 107 Å². The summed E-state index contributed by atoms with van der Waals surface area (Å²) in [6, 6.07) is 1.02. The molecule has 1 aliphatic rings. The van der Waals surface area contributed by atoms with Crippen LogP contribution in [0.4, 0.5) is 33.0 Å². The fourth-order valence-corrected chi connectivity index (χ4v) is 4.00. The highest BCUT2D eigenvalue weighted by Crippen LogP contribution is 2.38. The average molecular weight is 546 g/mol. The Morgan fingerprint density at radius 1 is 1.18 bits per heavy atom. The predicted octanol–water partition coefficient (Wildman–Crippen LogP) is 4.62. The maximum absolute atomic E-state index is 14.0. The van der Waals surface area contributed by atoms with Crippen LogP contribution >= 0.6 is 0 Å². The number of nitrogens with zero attached hydrogens (tertiary/aromatic N) is 3. The molecular formula is C24H31F4N5O5. The van der Waals surface area contributed by atoms with Crippen molar-refractivity contribution in [1.29, 1.82) is 0 Å². The van der Waals surface area contributed by atoms with E-state index in [9.17, 15) is 27.2 Å². The van der Waals surface area contributed by atoms with Gasteiger partial charge in [-0.05, 0) is 45.9 Å². The third-order valence-electron chi connectivity index (χ3n) is 5.79. The van der Waals surface area contributed by atoms with Crippen LogP contribution in [0.25, 0.3) is 5.69 Å². The van der Waals surface area contributed by atoms with Crippen molar-refractivity contribution in [2.24, 2.45) is 0 Å². The first kappa shape index (κ1) is 29.2. The van der Waals surface area contributed by atoms with Crippen LogP contribution in [0.2, 0.25) is 0 Å². The van der Waals surface area contributed by atoms with Gasteiger partial charge in [0.05, 0.1) is 29.5 Å². The third kappa shape index (κ3) is 6.54. The molecule has 0 aliphatic carbocycles. The molecule has 0 radical (unpaired) electrons. The van der Waals surface area contributed by atoms with Gasteiger partial charge in [0, 0.05) is 32.7 Å². The number of halogens is 4. The van der Waals surface area contributed by atoms with Gasteiger partial charge < -0.3 is 24.4 Å². The van der Waals surface area contributed by atoms with Crippen molar-refractivity contribution in [3.63, 3.8) is 0 Å². The first-order chi connectivity index (χ1) is 17.7. The van der Waals surface area contributed by atoms with Gasteiger partial charge in [0.1, 0.15) is 17.2 Å². The Labute approximate surface area is 217 Å². The summed E-state index contributed by atoms with van der Waals surface area (Å²) in [6.07, 6.45) is -6.05. The van der Waals surface area contributed by atoms with Crippen LogP contribution in [0.1, 0.15) is 50.6 Å². The Hall–Kier alpha value is -3.39. The maximum Gasteiger partial charge on any atom is 0.419 e. The number of methoxy groups -OCH3 is 2. The second-order valence-electron chi connectivity index (χ2n) is 9.62. The molecule has 14 heteroatoms. The van der Waals surface area contributed by atoms with E-state index in [1.54, 1.807) is 27.7 Å². The summed E-state index contributed by atoms with van der Waals surface area (Å²) in [7, 11) is 2.78. The van der Waals surface area contributed by atoms with Crippen molar-refractivity contribution >= 4 is 17.9 Å². The molecule has 1 aliphatic heterocycles. The molecule has 3 amide bonds. The van der Waals surface area contributed by atoms with E-state index in [0.717, 1.165) is 10.7 Å². The van der Waals surface area contributed by atoms with E-state index in [0.29, 0.717) is 23.4 Å². The molecule has 38 heavy (non-hydrogen) atoms. The number of ether oxygens (including phenoxy) is 3. The molecule has 0 saturated carbocycles. The van der Waals surface area contributed by atoms with Crippen LogP contribution in [-0.2, 0) is 26.8 Å². The quantitative estimate of drug-likeness (QED) is 0.405. The summed E-state index contributed by atoms with van der Waals surface area (Å²) in [5.41, 5.74) is -1.51. The van der Waals surface area contributed by atoms with Crippen molar-refractivity contribution in [3.8, 4) is 5.69 Å². The minimum atomic E-state index is -4.95. The van der Waals surface area contributed by atoms with Gasteiger partial charge in [0.2, 0.25) is 0 Å². The van der Waals surface area contributed by atoms with Crippen molar-refractivity contribution in [2.75, 3.05) is 32.6 Å². The number of benzene rings is 1. The second kappa shape index (κ2) is 11.2. The smallest absolute Gasteiger partial charge is 0.419 e. The molecule has 3 rings (SSSR count). The molecule has 1 aromatic carbocycles. The van der Waals surface area contributed by atoms with E-state index in [1.807, 2.05) is 0 Å². The number of fused-ring (bicyclic) bond motifs is 1. The fraction of sp³-hybridized carbons (Fsp3) is 0.542. The van der Waals surface area contributed by atoms with Crippen molar-refractivity contribution in [3.05, 3.63) is 40.8 Å². The van der Waals surface area contributed by atoms with E-state index >= 15 is 0 Å². The van der Waals surface area contributed by atoms with E-state index in [1.165, 1.54) is 19.1 Å². The minimum absolute atomic E-state index is 0.0179.